The Balaban J connectivity index is 4.35. The number of likely N-dealkylation sites (N-methyl/N-ethyl adjacent to an activating group) is 1. The van der Waals surface area contributed by atoms with E-state index in [0.29, 0.717) is 23.9 Å². The van der Waals surface area contributed by atoms with E-state index in [1.807, 2.05) is 21.1 Å². The average molecular weight is 808 g/mol. The number of carboxylic acids is 1. The number of ether oxygens (including phenoxy) is 4. The van der Waals surface area contributed by atoms with Crippen molar-refractivity contribution in [3.05, 3.63) is 24.3 Å². The lowest BCUT2D eigenvalue weighted by atomic mass is 10.0. The van der Waals surface area contributed by atoms with E-state index in [-0.39, 0.29) is 32.2 Å². The van der Waals surface area contributed by atoms with Gasteiger partial charge in [-0.1, -0.05) is 179 Å². The van der Waals surface area contributed by atoms with Gasteiger partial charge in [0.15, 0.2) is 12.4 Å². The molecule has 0 aromatic heterocycles. The van der Waals surface area contributed by atoms with Crippen molar-refractivity contribution in [1.82, 2.24) is 0 Å². The third kappa shape index (κ3) is 41.7. The number of quaternary nitrogens is 1. The molecule has 0 saturated heterocycles. The van der Waals surface area contributed by atoms with E-state index in [2.05, 4.69) is 38.2 Å². The lowest BCUT2D eigenvalue weighted by molar-refractivity contribution is -0.870. The van der Waals surface area contributed by atoms with Gasteiger partial charge in [-0.2, -0.15) is 0 Å². The molecule has 334 valence electrons. The van der Waals surface area contributed by atoms with Crippen LogP contribution >= 0.6 is 0 Å². The van der Waals surface area contributed by atoms with E-state index in [0.717, 1.165) is 64.2 Å². The molecule has 57 heavy (non-hydrogen) atoms. The first-order chi connectivity index (χ1) is 27.6. The van der Waals surface area contributed by atoms with Crippen molar-refractivity contribution in [2.24, 2.45) is 0 Å². The highest BCUT2D eigenvalue weighted by molar-refractivity contribution is 5.70. The molecule has 0 N–H and O–H groups in total. The van der Waals surface area contributed by atoms with Crippen LogP contribution < -0.4 is 5.11 Å². The summed E-state index contributed by atoms with van der Waals surface area (Å²) >= 11 is 0. The Kier molecular flexibility index (Phi) is 39.0. The summed E-state index contributed by atoms with van der Waals surface area (Å²) in [5.41, 5.74) is 0. The molecule has 0 saturated carbocycles. The van der Waals surface area contributed by atoms with Gasteiger partial charge in [-0.25, -0.2) is 0 Å². The van der Waals surface area contributed by atoms with Crippen LogP contribution in [-0.2, 0) is 33.3 Å². The van der Waals surface area contributed by atoms with Crippen molar-refractivity contribution in [3.63, 3.8) is 0 Å². The SMILES string of the molecule is CCC/C=C\C/C=C\CCCCCCCC(=O)OC(COC(=O)CCCCCCCCCCCCCCCCCCCCC)COC(OCC[N+](C)(C)C)C(=O)[O-]. The Labute approximate surface area is 350 Å². The average Bonchev–Trinajstić information content (AvgIpc) is 3.17. The molecule has 0 aliphatic heterocycles. The van der Waals surface area contributed by atoms with E-state index in [1.54, 1.807) is 0 Å². The van der Waals surface area contributed by atoms with Crippen molar-refractivity contribution in [1.29, 1.82) is 0 Å². The quantitative estimate of drug-likeness (QED) is 0.0197. The van der Waals surface area contributed by atoms with E-state index < -0.39 is 24.3 Å². The Morgan fingerprint density at radius 1 is 0.526 bits per heavy atom. The number of nitrogens with zero attached hydrogens (tertiary/aromatic N) is 1. The minimum absolute atomic E-state index is 0.147. The van der Waals surface area contributed by atoms with Gasteiger partial charge in [-0.3, -0.25) is 9.59 Å². The van der Waals surface area contributed by atoms with Crippen LogP contribution in [0.15, 0.2) is 24.3 Å². The summed E-state index contributed by atoms with van der Waals surface area (Å²) in [4.78, 5) is 37.0. The first-order valence-electron chi connectivity index (χ1n) is 23.5. The van der Waals surface area contributed by atoms with E-state index in [4.69, 9.17) is 18.9 Å². The van der Waals surface area contributed by atoms with Crippen molar-refractivity contribution < 1.29 is 42.9 Å². The van der Waals surface area contributed by atoms with Crippen LogP contribution in [0.1, 0.15) is 206 Å². The lowest BCUT2D eigenvalue weighted by Gasteiger charge is -2.26. The number of esters is 2. The highest BCUT2D eigenvalue weighted by atomic mass is 16.7. The van der Waals surface area contributed by atoms with Gasteiger partial charge < -0.3 is 33.3 Å². The fourth-order valence-corrected chi connectivity index (χ4v) is 6.51. The highest BCUT2D eigenvalue weighted by Gasteiger charge is 2.21. The number of aliphatic carboxylic acids is 1. The third-order valence-corrected chi connectivity index (χ3v) is 10.2. The molecule has 0 amide bonds. The molecule has 0 fully saturated rings. The summed E-state index contributed by atoms with van der Waals surface area (Å²) in [6.07, 6.45) is 40.7. The minimum atomic E-state index is -1.62. The monoisotopic (exact) mass is 808 g/mol. The topological polar surface area (TPSA) is 111 Å². The zero-order valence-electron chi connectivity index (χ0n) is 37.7. The predicted octanol–water partition coefficient (Wildman–Crippen LogP) is 11.1. The number of unbranched alkanes of at least 4 members (excludes halogenated alkanes) is 24. The summed E-state index contributed by atoms with van der Waals surface area (Å²) in [6.45, 7) is 4.68. The normalized spacial score (nSPS) is 13.1. The molecule has 9 nitrogen and oxygen atoms in total. The first kappa shape index (κ1) is 54.8. The van der Waals surface area contributed by atoms with Crippen molar-refractivity contribution in [2.45, 2.75) is 219 Å². The number of carbonyl (C=O) groups is 3. The van der Waals surface area contributed by atoms with Crippen molar-refractivity contribution >= 4 is 17.9 Å². The molecule has 0 radical (unpaired) electrons. The molecule has 0 aliphatic carbocycles. The molecule has 2 atom stereocenters. The fraction of sp³-hybridized carbons (Fsp3) is 0.854. The standard InChI is InChI=1S/C48H89NO8/c1-6-8-10-12-14-16-18-20-21-22-23-24-25-27-28-30-32-34-36-38-45(50)55-42-44(43-56-48(47(52)53)54-41-40-49(3,4)5)57-46(51)39-37-35-33-31-29-26-19-17-15-13-11-9-7-2/h11,13,17,19,44,48H,6-10,12,14-16,18,20-43H2,1-5H3/b13-11-,19-17-. The Morgan fingerprint density at radius 2 is 0.982 bits per heavy atom. The van der Waals surface area contributed by atoms with Gasteiger partial charge >= 0.3 is 11.9 Å². The number of rotatable bonds is 43. The van der Waals surface area contributed by atoms with Gasteiger partial charge in [0.05, 0.1) is 40.3 Å². The van der Waals surface area contributed by atoms with Crippen LogP contribution in [0.25, 0.3) is 0 Å². The number of carbonyl (C=O) groups excluding carboxylic acids is 3. The van der Waals surface area contributed by atoms with Crippen LogP contribution in [0.3, 0.4) is 0 Å². The van der Waals surface area contributed by atoms with Crippen LogP contribution in [-0.4, -0.2) is 82.3 Å². The highest BCUT2D eigenvalue weighted by Crippen LogP contribution is 2.16. The molecule has 0 bridgehead atoms. The molecule has 0 aromatic rings. The Hall–Kier alpha value is -2.23. The fourth-order valence-electron chi connectivity index (χ4n) is 6.51. The molecule has 9 heteroatoms. The second kappa shape index (κ2) is 40.5. The maximum atomic E-state index is 12.7. The second-order valence-electron chi connectivity index (χ2n) is 17.1. The molecule has 0 spiro atoms. The summed E-state index contributed by atoms with van der Waals surface area (Å²) in [5.74, 6) is -2.29. The summed E-state index contributed by atoms with van der Waals surface area (Å²) in [5, 5.41) is 11.7. The van der Waals surface area contributed by atoms with Gasteiger partial charge in [0.2, 0.25) is 0 Å². The molecule has 0 aromatic carbocycles. The zero-order valence-corrected chi connectivity index (χ0v) is 37.7. The van der Waals surface area contributed by atoms with Gasteiger partial charge in [-0.15, -0.1) is 0 Å². The van der Waals surface area contributed by atoms with E-state index in [9.17, 15) is 19.5 Å². The number of carboxylic acid groups (broad SMARTS) is 1. The molecule has 0 heterocycles. The third-order valence-electron chi connectivity index (χ3n) is 10.2. The van der Waals surface area contributed by atoms with Crippen LogP contribution in [0.4, 0.5) is 0 Å². The Bertz CT molecular complexity index is 991. The Morgan fingerprint density at radius 3 is 1.46 bits per heavy atom. The van der Waals surface area contributed by atoms with Gasteiger partial charge in [0.1, 0.15) is 13.2 Å². The number of allylic oxidation sites excluding steroid dienone is 4. The maximum absolute atomic E-state index is 12.7. The molecule has 0 rings (SSSR count). The zero-order chi connectivity index (χ0) is 42.1. The molecular weight excluding hydrogens is 719 g/mol. The van der Waals surface area contributed by atoms with Crippen LogP contribution in [0, 0.1) is 0 Å². The smallest absolute Gasteiger partial charge is 0.306 e. The largest absolute Gasteiger partial charge is 0.545 e. The predicted molar refractivity (Wildman–Crippen MR) is 233 cm³/mol. The lowest BCUT2D eigenvalue weighted by Crippen LogP contribution is -2.44. The van der Waals surface area contributed by atoms with Crippen LogP contribution in [0.5, 0.6) is 0 Å². The van der Waals surface area contributed by atoms with E-state index >= 15 is 0 Å². The van der Waals surface area contributed by atoms with Crippen molar-refractivity contribution in [2.75, 3.05) is 47.5 Å². The summed E-state index contributed by atoms with van der Waals surface area (Å²) in [6, 6.07) is 0. The molecular formula is C48H89NO8. The van der Waals surface area contributed by atoms with Crippen LogP contribution in [0.2, 0.25) is 0 Å². The maximum Gasteiger partial charge on any atom is 0.306 e. The summed E-state index contributed by atoms with van der Waals surface area (Å²) in [7, 11) is 5.91. The van der Waals surface area contributed by atoms with Gasteiger partial charge in [-0.05, 0) is 38.5 Å². The van der Waals surface area contributed by atoms with Gasteiger partial charge in [0, 0.05) is 12.8 Å². The molecule has 2 unspecified atom stereocenters. The number of hydrogen-bond acceptors (Lipinski definition) is 8. The second-order valence-corrected chi connectivity index (χ2v) is 17.1. The first-order valence-corrected chi connectivity index (χ1v) is 23.5. The van der Waals surface area contributed by atoms with Gasteiger partial charge in [0.25, 0.3) is 0 Å². The number of hydrogen-bond donors (Lipinski definition) is 0. The molecule has 0 aliphatic rings. The van der Waals surface area contributed by atoms with E-state index in [1.165, 1.54) is 109 Å². The minimum Gasteiger partial charge on any atom is -0.545 e. The summed E-state index contributed by atoms with van der Waals surface area (Å²) < 4.78 is 22.5. The van der Waals surface area contributed by atoms with Crippen molar-refractivity contribution in [3.8, 4) is 0 Å².